The minimum absolute atomic E-state index is 0.340. The molecule has 0 fully saturated rings. The first-order valence-electron chi connectivity index (χ1n) is 7.05. The molecule has 0 aliphatic heterocycles. The molecule has 0 saturated carbocycles. The number of hydrogen-bond donors (Lipinski definition) is 1. The second-order valence-electron chi connectivity index (χ2n) is 4.88. The van der Waals surface area contributed by atoms with Crippen LogP contribution in [0.3, 0.4) is 0 Å². The van der Waals surface area contributed by atoms with E-state index < -0.39 is 0 Å². The lowest BCUT2D eigenvalue weighted by Gasteiger charge is -2.10. The number of hydrogen-bond acceptors (Lipinski definition) is 3. The van der Waals surface area contributed by atoms with Crippen LogP contribution < -0.4 is 5.32 Å². The van der Waals surface area contributed by atoms with Crippen molar-refractivity contribution in [3.63, 3.8) is 0 Å². The average Bonchev–Trinajstić information content (AvgIpc) is 2.76. The van der Waals surface area contributed by atoms with Gasteiger partial charge in [-0.3, -0.25) is 0 Å². The van der Waals surface area contributed by atoms with Gasteiger partial charge in [0.15, 0.2) is 0 Å². The largest absolute Gasteiger partial charge is 0.379 e. The van der Waals surface area contributed by atoms with E-state index in [-0.39, 0.29) is 0 Å². The van der Waals surface area contributed by atoms with Crippen molar-refractivity contribution in [2.45, 2.75) is 59.2 Å². The number of ether oxygens (including phenoxy) is 1. The number of aromatic nitrogens is 2. The highest BCUT2D eigenvalue weighted by molar-refractivity contribution is 4.97. The number of nitrogens with zero attached hydrogens (tertiary/aromatic N) is 2. The molecule has 0 spiro atoms. The monoisotopic (exact) mass is 253 g/mol. The first-order chi connectivity index (χ1) is 8.74. The normalized spacial score (nSPS) is 11.3. The van der Waals surface area contributed by atoms with Crippen LogP contribution in [0.4, 0.5) is 0 Å². The Morgan fingerprint density at radius 3 is 2.94 bits per heavy atom. The smallest absolute Gasteiger partial charge is 0.0948 e. The summed E-state index contributed by atoms with van der Waals surface area (Å²) in [6.45, 7) is 10.2. The summed E-state index contributed by atoms with van der Waals surface area (Å²) >= 11 is 0. The van der Waals surface area contributed by atoms with Crippen molar-refractivity contribution in [3.05, 3.63) is 18.2 Å². The molecule has 0 aliphatic rings. The Bertz CT molecular complexity index is 310. The summed E-state index contributed by atoms with van der Waals surface area (Å²) in [5.41, 5.74) is 1.27. The zero-order valence-electron chi connectivity index (χ0n) is 12.0. The van der Waals surface area contributed by atoms with Crippen molar-refractivity contribution in [1.29, 1.82) is 0 Å². The molecule has 0 radical (unpaired) electrons. The van der Waals surface area contributed by atoms with E-state index >= 15 is 0 Å². The Morgan fingerprint density at radius 2 is 2.22 bits per heavy atom. The van der Waals surface area contributed by atoms with Crippen molar-refractivity contribution < 1.29 is 4.74 Å². The molecule has 0 aromatic carbocycles. The molecule has 0 unspecified atom stereocenters. The number of unbranched alkanes of at least 4 members (excludes halogenated alkanes) is 1. The third-order valence-electron chi connectivity index (χ3n) is 2.78. The SMILES string of the molecule is CCCNCc1cncn1CCCCOC(C)C. The molecule has 4 heteroatoms. The number of aryl methyl sites for hydroxylation is 1. The molecule has 1 heterocycles. The van der Waals surface area contributed by atoms with Gasteiger partial charge in [-0.15, -0.1) is 0 Å². The summed E-state index contributed by atoms with van der Waals surface area (Å²) in [4.78, 5) is 4.22. The van der Waals surface area contributed by atoms with Crippen molar-refractivity contribution in [2.75, 3.05) is 13.2 Å². The van der Waals surface area contributed by atoms with E-state index in [4.69, 9.17) is 4.74 Å². The molecule has 1 rings (SSSR count). The van der Waals surface area contributed by atoms with Crippen molar-refractivity contribution in [2.24, 2.45) is 0 Å². The van der Waals surface area contributed by atoms with E-state index in [1.54, 1.807) is 0 Å². The molecule has 104 valence electrons. The summed E-state index contributed by atoms with van der Waals surface area (Å²) in [6, 6.07) is 0. The quantitative estimate of drug-likeness (QED) is 0.651. The second kappa shape index (κ2) is 9.11. The Kier molecular flexibility index (Phi) is 7.69. The summed E-state index contributed by atoms with van der Waals surface area (Å²) in [6.07, 6.45) is 7.63. The molecule has 0 bridgehead atoms. The first kappa shape index (κ1) is 15.2. The fraction of sp³-hybridized carbons (Fsp3) is 0.786. The number of rotatable bonds is 10. The van der Waals surface area contributed by atoms with E-state index in [9.17, 15) is 0 Å². The summed E-state index contributed by atoms with van der Waals surface area (Å²) in [7, 11) is 0. The zero-order chi connectivity index (χ0) is 13.2. The molecule has 1 aromatic heterocycles. The lowest BCUT2D eigenvalue weighted by Crippen LogP contribution is -2.16. The van der Waals surface area contributed by atoms with Crippen molar-refractivity contribution in [3.8, 4) is 0 Å². The predicted molar refractivity (Wildman–Crippen MR) is 74.5 cm³/mol. The van der Waals surface area contributed by atoms with Crippen LogP contribution in [0, 0.1) is 0 Å². The van der Waals surface area contributed by atoms with Gasteiger partial charge in [0.25, 0.3) is 0 Å². The maximum Gasteiger partial charge on any atom is 0.0948 e. The lowest BCUT2D eigenvalue weighted by atomic mass is 10.3. The molecule has 18 heavy (non-hydrogen) atoms. The third-order valence-corrected chi connectivity index (χ3v) is 2.78. The van der Waals surface area contributed by atoms with Gasteiger partial charge < -0.3 is 14.6 Å². The lowest BCUT2D eigenvalue weighted by molar-refractivity contribution is 0.0754. The van der Waals surface area contributed by atoms with Crippen LogP contribution in [-0.2, 0) is 17.8 Å². The van der Waals surface area contributed by atoms with Crippen LogP contribution in [0.1, 0.15) is 45.7 Å². The molecular formula is C14H27N3O. The van der Waals surface area contributed by atoms with Crippen LogP contribution in [0.25, 0.3) is 0 Å². The Morgan fingerprint density at radius 1 is 1.39 bits per heavy atom. The fourth-order valence-electron chi connectivity index (χ4n) is 1.79. The van der Waals surface area contributed by atoms with Gasteiger partial charge >= 0.3 is 0 Å². The van der Waals surface area contributed by atoms with Gasteiger partial charge in [0.1, 0.15) is 0 Å². The first-order valence-corrected chi connectivity index (χ1v) is 7.05. The Labute approximate surface area is 111 Å². The van der Waals surface area contributed by atoms with E-state index in [1.807, 2.05) is 12.5 Å². The maximum atomic E-state index is 5.53. The Balaban J connectivity index is 2.19. The van der Waals surface area contributed by atoms with E-state index in [2.05, 4.69) is 35.6 Å². The van der Waals surface area contributed by atoms with Crippen LogP contribution >= 0.6 is 0 Å². The van der Waals surface area contributed by atoms with E-state index in [1.165, 1.54) is 12.1 Å². The van der Waals surface area contributed by atoms with Crippen LogP contribution in [0.15, 0.2) is 12.5 Å². The van der Waals surface area contributed by atoms with Gasteiger partial charge in [-0.1, -0.05) is 6.92 Å². The van der Waals surface area contributed by atoms with Gasteiger partial charge in [0, 0.05) is 25.9 Å². The Hall–Kier alpha value is -0.870. The van der Waals surface area contributed by atoms with Crippen LogP contribution in [0.5, 0.6) is 0 Å². The fourth-order valence-corrected chi connectivity index (χ4v) is 1.79. The number of imidazole rings is 1. The summed E-state index contributed by atoms with van der Waals surface area (Å²) in [5, 5.41) is 3.41. The highest BCUT2D eigenvalue weighted by Crippen LogP contribution is 2.03. The number of nitrogens with one attached hydrogen (secondary N) is 1. The highest BCUT2D eigenvalue weighted by atomic mass is 16.5. The standard InChI is InChI=1S/C14H27N3O/c1-4-7-15-10-14-11-16-12-17(14)8-5-6-9-18-13(2)3/h11-13,15H,4-10H2,1-3H3. The zero-order valence-corrected chi connectivity index (χ0v) is 12.0. The van der Waals surface area contributed by atoms with E-state index in [0.717, 1.165) is 39.1 Å². The van der Waals surface area contributed by atoms with E-state index in [0.29, 0.717) is 6.10 Å². The molecule has 0 aliphatic carbocycles. The van der Waals surface area contributed by atoms with Gasteiger partial charge in [0.2, 0.25) is 0 Å². The maximum absolute atomic E-state index is 5.53. The third kappa shape index (κ3) is 6.17. The van der Waals surface area contributed by atoms with Crippen LogP contribution in [0.2, 0.25) is 0 Å². The van der Waals surface area contributed by atoms with Crippen molar-refractivity contribution in [1.82, 2.24) is 14.9 Å². The molecular weight excluding hydrogens is 226 g/mol. The van der Waals surface area contributed by atoms with Gasteiger partial charge in [-0.25, -0.2) is 4.98 Å². The molecule has 0 saturated heterocycles. The topological polar surface area (TPSA) is 39.1 Å². The molecule has 1 N–H and O–H groups in total. The molecule has 0 atom stereocenters. The van der Waals surface area contributed by atoms with Crippen molar-refractivity contribution >= 4 is 0 Å². The summed E-state index contributed by atoms with van der Waals surface area (Å²) < 4.78 is 7.77. The van der Waals surface area contributed by atoms with Gasteiger partial charge in [-0.05, 0) is 39.7 Å². The molecule has 0 amide bonds. The highest BCUT2D eigenvalue weighted by Gasteiger charge is 2.01. The molecule has 4 nitrogen and oxygen atoms in total. The van der Waals surface area contributed by atoms with Gasteiger partial charge in [-0.2, -0.15) is 0 Å². The van der Waals surface area contributed by atoms with Crippen LogP contribution in [-0.4, -0.2) is 28.8 Å². The average molecular weight is 253 g/mol. The predicted octanol–water partition coefficient (Wildman–Crippen LogP) is 2.59. The second-order valence-corrected chi connectivity index (χ2v) is 4.88. The minimum Gasteiger partial charge on any atom is -0.379 e. The molecule has 1 aromatic rings. The van der Waals surface area contributed by atoms with Gasteiger partial charge in [0.05, 0.1) is 18.1 Å². The minimum atomic E-state index is 0.340. The summed E-state index contributed by atoms with van der Waals surface area (Å²) in [5.74, 6) is 0.